The minimum atomic E-state index is 0.0738. The lowest BCUT2D eigenvalue weighted by molar-refractivity contribution is 0.589. The molecule has 3 nitrogen and oxygen atoms in total. The molecule has 1 N–H and O–H groups in total. The smallest absolute Gasteiger partial charge is 0.0772 e. The quantitative estimate of drug-likeness (QED) is 0.772. The largest absolute Gasteiger partial charge is 0.305 e. The fraction of sp³-hybridized carbons (Fsp3) is 0.222. The van der Waals surface area contributed by atoms with Gasteiger partial charge in [0, 0.05) is 24.0 Å². The molecule has 0 saturated carbocycles. The maximum atomic E-state index is 4.65. The molecule has 21 heavy (non-hydrogen) atoms. The number of nitrogens with one attached hydrogen (secondary N) is 1. The Morgan fingerprint density at radius 1 is 1.05 bits per heavy atom. The average Bonchev–Trinajstić information content (AvgIpc) is 2.56. The molecule has 0 amide bonds. The van der Waals surface area contributed by atoms with E-state index in [1.807, 2.05) is 18.5 Å². The number of nitrogens with zero attached hydrogens (tertiary/aromatic N) is 2. The van der Waals surface area contributed by atoms with E-state index < -0.39 is 0 Å². The molecular weight excluding hydrogens is 258 g/mol. The van der Waals surface area contributed by atoms with Crippen LogP contribution in [0, 0.1) is 0 Å². The van der Waals surface area contributed by atoms with Gasteiger partial charge < -0.3 is 5.32 Å². The van der Waals surface area contributed by atoms with Crippen LogP contribution in [-0.2, 0) is 0 Å². The molecule has 3 aromatic rings. The van der Waals surface area contributed by atoms with E-state index in [9.17, 15) is 0 Å². The highest BCUT2D eigenvalue weighted by Crippen LogP contribution is 2.26. The number of hydrogen-bond donors (Lipinski definition) is 1. The van der Waals surface area contributed by atoms with Crippen molar-refractivity contribution < 1.29 is 0 Å². The van der Waals surface area contributed by atoms with Crippen molar-refractivity contribution in [2.24, 2.45) is 0 Å². The molecule has 0 fully saturated rings. The van der Waals surface area contributed by atoms with Gasteiger partial charge in [-0.15, -0.1) is 0 Å². The molecule has 0 bridgehead atoms. The first-order valence-electron chi connectivity index (χ1n) is 7.37. The maximum Gasteiger partial charge on any atom is 0.0772 e. The Morgan fingerprint density at radius 2 is 1.95 bits per heavy atom. The summed E-state index contributed by atoms with van der Waals surface area (Å²) in [4.78, 5) is 8.90. The van der Waals surface area contributed by atoms with E-state index in [0.29, 0.717) is 0 Å². The van der Waals surface area contributed by atoms with Gasteiger partial charge in [-0.05, 0) is 36.0 Å². The molecular formula is C18H19N3. The van der Waals surface area contributed by atoms with Crippen LogP contribution in [0.2, 0.25) is 0 Å². The van der Waals surface area contributed by atoms with Crippen LogP contribution in [0.15, 0.2) is 61.1 Å². The van der Waals surface area contributed by atoms with Crippen molar-refractivity contribution in [2.75, 3.05) is 6.54 Å². The van der Waals surface area contributed by atoms with Gasteiger partial charge in [0.25, 0.3) is 0 Å². The van der Waals surface area contributed by atoms with Crippen molar-refractivity contribution in [3.8, 4) is 0 Å². The van der Waals surface area contributed by atoms with E-state index in [4.69, 9.17) is 0 Å². The minimum absolute atomic E-state index is 0.0738. The molecule has 1 unspecified atom stereocenters. The third-order valence-corrected chi connectivity index (χ3v) is 3.59. The summed E-state index contributed by atoms with van der Waals surface area (Å²) in [6, 6.07) is 14.6. The van der Waals surface area contributed by atoms with Crippen molar-refractivity contribution in [2.45, 2.75) is 19.4 Å². The molecule has 0 spiro atoms. The number of hydrogen-bond acceptors (Lipinski definition) is 3. The van der Waals surface area contributed by atoms with Crippen LogP contribution in [0.5, 0.6) is 0 Å². The molecule has 0 aliphatic carbocycles. The SMILES string of the molecule is CCCNC(c1cccnc1)c1nccc2ccccc12. The zero-order valence-corrected chi connectivity index (χ0v) is 12.2. The van der Waals surface area contributed by atoms with E-state index in [2.05, 4.69) is 58.6 Å². The summed E-state index contributed by atoms with van der Waals surface area (Å²) >= 11 is 0. The van der Waals surface area contributed by atoms with E-state index >= 15 is 0 Å². The zero-order valence-electron chi connectivity index (χ0n) is 12.2. The number of aromatic nitrogens is 2. The summed E-state index contributed by atoms with van der Waals surface area (Å²) < 4.78 is 0. The minimum Gasteiger partial charge on any atom is -0.305 e. The van der Waals surface area contributed by atoms with Crippen molar-refractivity contribution in [3.63, 3.8) is 0 Å². The van der Waals surface area contributed by atoms with Gasteiger partial charge in [-0.1, -0.05) is 37.3 Å². The Kier molecular flexibility index (Phi) is 4.22. The summed E-state index contributed by atoms with van der Waals surface area (Å²) in [6.07, 6.45) is 6.68. The van der Waals surface area contributed by atoms with Crippen LogP contribution < -0.4 is 5.32 Å². The summed E-state index contributed by atoms with van der Waals surface area (Å²) in [7, 11) is 0. The highest BCUT2D eigenvalue weighted by atomic mass is 14.9. The van der Waals surface area contributed by atoms with Gasteiger partial charge in [-0.2, -0.15) is 0 Å². The second kappa shape index (κ2) is 6.46. The molecule has 3 rings (SSSR count). The van der Waals surface area contributed by atoms with E-state index in [1.54, 1.807) is 6.20 Å². The van der Waals surface area contributed by atoms with E-state index in [1.165, 1.54) is 10.8 Å². The first-order valence-corrected chi connectivity index (χ1v) is 7.37. The van der Waals surface area contributed by atoms with Crippen LogP contribution >= 0.6 is 0 Å². The topological polar surface area (TPSA) is 37.8 Å². The number of rotatable bonds is 5. The normalized spacial score (nSPS) is 12.4. The number of pyridine rings is 2. The lowest BCUT2D eigenvalue weighted by atomic mass is 9.99. The summed E-state index contributed by atoms with van der Waals surface area (Å²) in [5.41, 5.74) is 2.21. The molecule has 0 aliphatic heterocycles. The van der Waals surface area contributed by atoms with Crippen molar-refractivity contribution in [1.82, 2.24) is 15.3 Å². The van der Waals surface area contributed by atoms with Crippen molar-refractivity contribution in [1.29, 1.82) is 0 Å². The van der Waals surface area contributed by atoms with Crippen molar-refractivity contribution in [3.05, 3.63) is 72.3 Å². The molecule has 0 radical (unpaired) electrons. The summed E-state index contributed by atoms with van der Waals surface area (Å²) in [6.45, 7) is 3.12. The Hall–Kier alpha value is -2.26. The van der Waals surface area contributed by atoms with Crippen LogP contribution in [0.1, 0.15) is 30.6 Å². The van der Waals surface area contributed by atoms with Gasteiger partial charge in [0.1, 0.15) is 0 Å². The van der Waals surface area contributed by atoms with Gasteiger partial charge in [0.15, 0.2) is 0 Å². The molecule has 0 saturated heterocycles. The molecule has 2 aromatic heterocycles. The molecule has 3 heteroatoms. The maximum absolute atomic E-state index is 4.65. The van der Waals surface area contributed by atoms with Gasteiger partial charge in [0.05, 0.1) is 11.7 Å². The van der Waals surface area contributed by atoms with Gasteiger partial charge in [-0.25, -0.2) is 0 Å². The van der Waals surface area contributed by atoms with Gasteiger partial charge >= 0.3 is 0 Å². The van der Waals surface area contributed by atoms with Gasteiger partial charge in [0.2, 0.25) is 0 Å². The number of fused-ring (bicyclic) bond motifs is 1. The van der Waals surface area contributed by atoms with Gasteiger partial charge in [-0.3, -0.25) is 9.97 Å². The Labute approximate surface area is 125 Å². The van der Waals surface area contributed by atoms with E-state index in [0.717, 1.165) is 24.2 Å². The predicted molar refractivity (Wildman–Crippen MR) is 86.1 cm³/mol. The molecule has 1 atom stereocenters. The lowest BCUT2D eigenvalue weighted by Gasteiger charge is -2.19. The van der Waals surface area contributed by atoms with Crippen LogP contribution in [-0.4, -0.2) is 16.5 Å². The fourth-order valence-corrected chi connectivity index (χ4v) is 2.58. The Balaban J connectivity index is 2.10. The highest BCUT2D eigenvalue weighted by molar-refractivity contribution is 5.85. The van der Waals surface area contributed by atoms with Crippen molar-refractivity contribution >= 4 is 10.8 Å². The third-order valence-electron chi connectivity index (χ3n) is 3.59. The van der Waals surface area contributed by atoms with Crippen LogP contribution in [0.3, 0.4) is 0 Å². The van der Waals surface area contributed by atoms with Crippen LogP contribution in [0.25, 0.3) is 10.8 Å². The first-order chi connectivity index (χ1) is 10.4. The first kappa shape index (κ1) is 13.7. The Bertz CT molecular complexity index is 704. The van der Waals surface area contributed by atoms with Crippen LogP contribution in [0.4, 0.5) is 0 Å². The summed E-state index contributed by atoms with van der Waals surface area (Å²) in [5.74, 6) is 0. The summed E-state index contributed by atoms with van der Waals surface area (Å²) in [5, 5.41) is 6.00. The lowest BCUT2D eigenvalue weighted by Crippen LogP contribution is -2.24. The molecule has 0 aliphatic rings. The second-order valence-electron chi connectivity index (χ2n) is 5.09. The predicted octanol–water partition coefficient (Wildman–Crippen LogP) is 3.72. The number of benzene rings is 1. The average molecular weight is 277 g/mol. The monoisotopic (exact) mass is 277 g/mol. The molecule has 106 valence electrons. The molecule has 1 aromatic carbocycles. The highest BCUT2D eigenvalue weighted by Gasteiger charge is 2.17. The zero-order chi connectivity index (χ0) is 14.5. The Morgan fingerprint density at radius 3 is 2.76 bits per heavy atom. The standard InChI is InChI=1S/C18H19N3/c1-2-10-20-17(15-7-5-11-19-13-15)18-16-8-4-3-6-14(16)9-12-21-18/h3-9,11-13,17,20H,2,10H2,1H3. The third kappa shape index (κ3) is 2.93. The second-order valence-corrected chi connectivity index (χ2v) is 5.09. The molecule has 2 heterocycles. The fourth-order valence-electron chi connectivity index (χ4n) is 2.58. The van der Waals surface area contributed by atoms with E-state index in [-0.39, 0.29) is 6.04 Å².